The average Bonchev–Trinajstić information content (AvgIpc) is 2.69. The van der Waals surface area contributed by atoms with Gasteiger partial charge >= 0.3 is 6.09 Å². The van der Waals surface area contributed by atoms with Crippen molar-refractivity contribution in [2.75, 3.05) is 19.7 Å². The molecular formula is C22H28N2O6. The van der Waals surface area contributed by atoms with Crippen LogP contribution < -0.4 is 4.74 Å². The van der Waals surface area contributed by atoms with E-state index in [1.807, 2.05) is 18.2 Å². The van der Waals surface area contributed by atoms with Crippen molar-refractivity contribution < 1.29 is 24.3 Å². The molecule has 162 valence electrons. The molecule has 1 N–H and O–H groups in total. The zero-order valence-electron chi connectivity index (χ0n) is 17.5. The summed E-state index contributed by atoms with van der Waals surface area (Å²) >= 11 is 0. The topological polar surface area (TPSA) is 102 Å². The molecule has 0 aliphatic heterocycles. The first kappa shape index (κ1) is 23.2. The van der Waals surface area contributed by atoms with Gasteiger partial charge in [-0.25, -0.2) is 4.79 Å². The molecule has 0 aliphatic carbocycles. The van der Waals surface area contributed by atoms with Crippen molar-refractivity contribution in [2.24, 2.45) is 0 Å². The lowest BCUT2D eigenvalue weighted by molar-refractivity contribution is -0.384. The molecule has 2 aromatic carbocycles. The summed E-state index contributed by atoms with van der Waals surface area (Å²) in [6.07, 6.45) is -0.985. The van der Waals surface area contributed by atoms with Gasteiger partial charge in [0, 0.05) is 18.7 Å². The number of para-hydroxylation sites is 1. The number of aliphatic hydroxyl groups is 1. The molecule has 0 fully saturated rings. The van der Waals surface area contributed by atoms with Crippen molar-refractivity contribution in [3.8, 4) is 5.75 Å². The SMILES string of the molecule is CC(C)(C)OC(=O)N(CCc1ccc([N+](=O)[O-])cc1)C[C@H](O)COc1ccccc1. The Labute approximate surface area is 176 Å². The van der Waals surface area contributed by atoms with Gasteiger partial charge in [-0.2, -0.15) is 0 Å². The molecule has 1 atom stereocenters. The lowest BCUT2D eigenvalue weighted by Crippen LogP contribution is -2.43. The van der Waals surface area contributed by atoms with Crippen molar-refractivity contribution in [1.82, 2.24) is 4.90 Å². The van der Waals surface area contributed by atoms with Crippen molar-refractivity contribution in [3.05, 3.63) is 70.3 Å². The number of hydrogen-bond donors (Lipinski definition) is 1. The van der Waals surface area contributed by atoms with E-state index in [0.717, 1.165) is 5.56 Å². The van der Waals surface area contributed by atoms with E-state index in [2.05, 4.69) is 0 Å². The third-order valence-electron chi connectivity index (χ3n) is 4.09. The van der Waals surface area contributed by atoms with E-state index in [4.69, 9.17) is 9.47 Å². The van der Waals surface area contributed by atoms with Crippen molar-refractivity contribution in [3.63, 3.8) is 0 Å². The first-order chi connectivity index (χ1) is 14.1. The lowest BCUT2D eigenvalue weighted by atomic mass is 10.1. The molecule has 2 rings (SSSR count). The number of amides is 1. The van der Waals surface area contributed by atoms with Crippen LogP contribution in [0.3, 0.4) is 0 Å². The Morgan fingerprint density at radius 2 is 1.77 bits per heavy atom. The maximum Gasteiger partial charge on any atom is 0.410 e. The number of non-ortho nitro benzene ring substituents is 1. The lowest BCUT2D eigenvalue weighted by Gasteiger charge is -2.29. The van der Waals surface area contributed by atoms with Crippen LogP contribution in [-0.4, -0.2) is 52.4 Å². The molecule has 0 radical (unpaired) electrons. The molecule has 0 saturated carbocycles. The van der Waals surface area contributed by atoms with Gasteiger partial charge in [0.15, 0.2) is 0 Å². The number of benzene rings is 2. The average molecular weight is 416 g/mol. The fourth-order valence-corrected chi connectivity index (χ4v) is 2.65. The monoisotopic (exact) mass is 416 g/mol. The Hall–Kier alpha value is -3.13. The van der Waals surface area contributed by atoms with E-state index in [9.17, 15) is 20.0 Å². The smallest absolute Gasteiger partial charge is 0.410 e. The van der Waals surface area contributed by atoms with Gasteiger partial charge in [0.1, 0.15) is 24.1 Å². The van der Waals surface area contributed by atoms with E-state index >= 15 is 0 Å². The van der Waals surface area contributed by atoms with Crippen molar-refractivity contribution >= 4 is 11.8 Å². The van der Waals surface area contributed by atoms with Gasteiger partial charge in [-0.3, -0.25) is 10.1 Å². The van der Waals surface area contributed by atoms with Crippen LogP contribution in [0.1, 0.15) is 26.3 Å². The van der Waals surface area contributed by atoms with Gasteiger partial charge in [-0.15, -0.1) is 0 Å². The molecule has 0 aliphatic rings. The first-order valence-electron chi connectivity index (χ1n) is 9.71. The first-order valence-corrected chi connectivity index (χ1v) is 9.71. The molecule has 1 amide bonds. The number of nitro groups is 1. The molecule has 0 bridgehead atoms. The number of carbonyl (C=O) groups is 1. The number of carbonyl (C=O) groups excluding carboxylic acids is 1. The normalized spacial score (nSPS) is 12.1. The van der Waals surface area contributed by atoms with Gasteiger partial charge in [0.05, 0.1) is 11.5 Å². The summed E-state index contributed by atoms with van der Waals surface area (Å²) in [7, 11) is 0. The fraction of sp³-hybridized carbons (Fsp3) is 0.409. The third kappa shape index (κ3) is 8.08. The van der Waals surface area contributed by atoms with Gasteiger partial charge in [0.25, 0.3) is 5.69 Å². The Morgan fingerprint density at radius 1 is 1.13 bits per heavy atom. The van der Waals surface area contributed by atoms with Crippen LogP contribution in [0, 0.1) is 10.1 Å². The molecule has 8 nitrogen and oxygen atoms in total. The van der Waals surface area contributed by atoms with Gasteiger partial charge < -0.3 is 19.5 Å². The minimum atomic E-state index is -0.908. The summed E-state index contributed by atoms with van der Waals surface area (Å²) in [6.45, 7) is 5.67. The predicted molar refractivity (Wildman–Crippen MR) is 113 cm³/mol. The maximum absolute atomic E-state index is 12.6. The molecule has 0 heterocycles. The quantitative estimate of drug-likeness (QED) is 0.493. The summed E-state index contributed by atoms with van der Waals surface area (Å²) in [5.41, 5.74) is 0.175. The third-order valence-corrected chi connectivity index (χ3v) is 4.09. The zero-order valence-corrected chi connectivity index (χ0v) is 17.5. The largest absolute Gasteiger partial charge is 0.491 e. The molecule has 2 aromatic rings. The highest BCUT2D eigenvalue weighted by molar-refractivity contribution is 5.68. The minimum absolute atomic E-state index is 0.0104. The molecule has 0 unspecified atom stereocenters. The molecule has 8 heteroatoms. The molecule has 0 saturated heterocycles. The number of hydrogen-bond acceptors (Lipinski definition) is 6. The Morgan fingerprint density at radius 3 is 2.33 bits per heavy atom. The van der Waals surface area contributed by atoms with E-state index in [1.54, 1.807) is 45.0 Å². The number of ether oxygens (including phenoxy) is 2. The van der Waals surface area contributed by atoms with Crippen LogP contribution in [-0.2, 0) is 11.2 Å². The van der Waals surface area contributed by atoms with Crippen molar-refractivity contribution in [2.45, 2.75) is 38.9 Å². The van der Waals surface area contributed by atoms with Crippen LogP contribution in [0.5, 0.6) is 5.75 Å². The molecule has 0 aromatic heterocycles. The summed E-state index contributed by atoms with van der Waals surface area (Å²) in [5, 5.41) is 21.2. The summed E-state index contributed by atoms with van der Waals surface area (Å²) in [6, 6.07) is 15.3. The number of nitrogens with zero attached hydrogens (tertiary/aromatic N) is 2. The number of rotatable bonds is 9. The van der Waals surface area contributed by atoms with E-state index < -0.39 is 22.7 Å². The Balaban J connectivity index is 1.98. The number of nitro benzene ring substituents is 1. The summed E-state index contributed by atoms with van der Waals surface area (Å²) < 4.78 is 11.0. The van der Waals surface area contributed by atoms with Crippen molar-refractivity contribution in [1.29, 1.82) is 0 Å². The fourth-order valence-electron chi connectivity index (χ4n) is 2.65. The van der Waals surface area contributed by atoms with Crippen LogP contribution in [0.15, 0.2) is 54.6 Å². The van der Waals surface area contributed by atoms with Crippen LogP contribution in [0.2, 0.25) is 0 Å². The number of aliphatic hydroxyl groups excluding tert-OH is 1. The molecular weight excluding hydrogens is 388 g/mol. The summed E-state index contributed by atoms with van der Waals surface area (Å²) in [5.74, 6) is 0.631. The van der Waals surface area contributed by atoms with Crippen LogP contribution >= 0.6 is 0 Å². The Bertz CT molecular complexity index is 818. The summed E-state index contributed by atoms with van der Waals surface area (Å²) in [4.78, 5) is 24.3. The Kier molecular flexibility index (Phi) is 8.17. The van der Waals surface area contributed by atoms with E-state index in [1.165, 1.54) is 17.0 Å². The van der Waals surface area contributed by atoms with Gasteiger partial charge in [-0.1, -0.05) is 30.3 Å². The zero-order chi connectivity index (χ0) is 22.1. The van der Waals surface area contributed by atoms with Crippen LogP contribution in [0.4, 0.5) is 10.5 Å². The highest BCUT2D eigenvalue weighted by Crippen LogP contribution is 2.15. The second kappa shape index (κ2) is 10.6. The van der Waals surface area contributed by atoms with E-state index in [0.29, 0.717) is 12.2 Å². The van der Waals surface area contributed by atoms with Gasteiger partial charge in [0.2, 0.25) is 0 Å². The van der Waals surface area contributed by atoms with E-state index in [-0.39, 0.29) is 25.4 Å². The predicted octanol–water partition coefficient (Wildman–Crippen LogP) is 3.81. The second-order valence-electron chi connectivity index (χ2n) is 7.88. The molecule has 0 spiro atoms. The second-order valence-corrected chi connectivity index (χ2v) is 7.88. The van der Waals surface area contributed by atoms with Gasteiger partial charge in [-0.05, 0) is 44.9 Å². The maximum atomic E-state index is 12.6. The molecule has 30 heavy (non-hydrogen) atoms. The standard InChI is InChI=1S/C22H28N2O6/c1-22(2,3)30-21(26)23(14-13-17-9-11-18(12-10-17)24(27)28)15-19(25)16-29-20-7-5-4-6-8-20/h4-12,19,25H,13-16H2,1-3H3/t19-/m0/s1. The minimum Gasteiger partial charge on any atom is -0.491 e. The highest BCUT2D eigenvalue weighted by Gasteiger charge is 2.24. The highest BCUT2D eigenvalue weighted by atomic mass is 16.6. The van der Waals surface area contributed by atoms with Crippen LogP contribution in [0.25, 0.3) is 0 Å².